The standard InChI is InChI=1S/C23H21F6N3O4S/c1-2-37(35,36)18-10-4-15(5-11-18)19(14-32-13-3-12-30-32)20(33)31-17-8-6-16(7-9-17)21(34,22(24,25)26)23(27,28)29/h3-13,19,34H,2,14H2,1H3,(H,31,33). The fourth-order valence-corrected chi connectivity index (χ4v) is 4.41. The molecule has 0 saturated heterocycles. The molecule has 1 amide bonds. The van der Waals surface area contributed by atoms with Crippen LogP contribution in [0.3, 0.4) is 0 Å². The Balaban J connectivity index is 1.89. The summed E-state index contributed by atoms with van der Waals surface area (Å²) >= 11 is 0. The van der Waals surface area contributed by atoms with Gasteiger partial charge in [0.15, 0.2) is 9.84 Å². The first-order valence-corrected chi connectivity index (χ1v) is 12.3. The lowest BCUT2D eigenvalue weighted by Crippen LogP contribution is -2.53. The Bertz CT molecular complexity index is 1310. The molecule has 0 aliphatic heterocycles. The molecule has 3 aromatic rings. The van der Waals surface area contributed by atoms with Crippen LogP contribution in [0, 0.1) is 0 Å². The van der Waals surface area contributed by atoms with Gasteiger partial charge in [0.2, 0.25) is 5.91 Å². The van der Waals surface area contributed by atoms with Crippen molar-refractivity contribution in [1.82, 2.24) is 9.78 Å². The molecule has 1 atom stereocenters. The van der Waals surface area contributed by atoms with Crippen molar-refractivity contribution in [3.8, 4) is 0 Å². The zero-order chi connectivity index (χ0) is 27.6. The molecule has 0 aliphatic carbocycles. The molecule has 14 heteroatoms. The van der Waals surface area contributed by atoms with Crippen LogP contribution in [0.1, 0.15) is 24.0 Å². The number of hydrogen-bond acceptors (Lipinski definition) is 5. The summed E-state index contributed by atoms with van der Waals surface area (Å²) in [5.74, 6) is -1.77. The first kappa shape index (κ1) is 28.2. The number of nitrogens with zero attached hydrogens (tertiary/aromatic N) is 2. The van der Waals surface area contributed by atoms with Gasteiger partial charge in [-0.25, -0.2) is 8.42 Å². The molecule has 7 nitrogen and oxygen atoms in total. The summed E-state index contributed by atoms with van der Waals surface area (Å²) in [6.07, 6.45) is -9.04. The number of aromatic nitrogens is 2. The van der Waals surface area contributed by atoms with Gasteiger partial charge in [-0.1, -0.05) is 31.2 Å². The average Bonchev–Trinajstić information content (AvgIpc) is 3.34. The number of nitrogens with one attached hydrogen (secondary N) is 1. The number of hydrogen-bond donors (Lipinski definition) is 2. The highest BCUT2D eigenvalue weighted by Gasteiger charge is 2.71. The number of halogens is 6. The van der Waals surface area contributed by atoms with Gasteiger partial charge < -0.3 is 10.4 Å². The van der Waals surface area contributed by atoms with E-state index in [1.54, 1.807) is 12.3 Å². The van der Waals surface area contributed by atoms with Gasteiger partial charge in [-0.2, -0.15) is 31.4 Å². The van der Waals surface area contributed by atoms with Crippen molar-refractivity contribution < 1.29 is 44.7 Å². The topological polar surface area (TPSA) is 101 Å². The lowest BCUT2D eigenvalue weighted by Gasteiger charge is -2.32. The minimum atomic E-state index is -6.04. The van der Waals surface area contributed by atoms with E-state index in [2.05, 4.69) is 10.4 Å². The summed E-state index contributed by atoms with van der Waals surface area (Å²) in [6.45, 7) is 1.48. The van der Waals surface area contributed by atoms with Crippen molar-refractivity contribution >= 4 is 21.4 Å². The van der Waals surface area contributed by atoms with Gasteiger partial charge in [-0.15, -0.1) is 0 Å². The Hall–Kier alpha value is -3.39. The number of carbonyl (C=O) groups excluding carboxylic acids is 1. The lowest BCUT2D eigenvalue weighted by molar-refractivity contribution is -0.376. The fourth-order valence-electron chi connectivity index (χ4n) is 3.52. The van der Waals surface area contributed by atoms with Crippen LogP contribution in [0.4, 0.5) is 32.0 Å². The Morgan fingerprint density at radius 3 is 2.03 bits per heavy atom. The Labute approximate surface area is 207 Å². The first-order chi connectivity index (χ1) is 17.1. The van der Waals surface area contributed by atoms with Gasteiger partial charge in [-0.05, 0) is 35.9 Å². The Morgan fingerprint density at radius 2 is 1.57 bits per heavy atom. The van der Waals surface area contributed by atoms with Gasteiger partial charge in [0.05, 0.1) is 23.1 Å². The molecular formula is C23H21F6N3O4S. The highest BCUT2D eigenvalue weighted by molar-refractivity contribution is 7.91. The van der Waals surface area contributed by atoms with E-state index in [1.807, 2.05) is 0 Å². The minimum Gasteiger partial charge on any atom is -0.369 e. The maximum absolute atomic E-state index is 13.1. The molecule has 3 rings (SSSR count). The van der Waals surface area contributed by atoms with E-state index in [0.29, 0.717) is 17.7 Å². The van der Waals surface area contributed by atoms with E-state index < -0.39 is 45.2 Å². The molecule has 1 heterocycles. The van der Waals surface area contributed by atoms with Crippen LogP contribution in [0.25, 0.3) is 0 Å². The smallest absolute Gasteiger partial charge is 0.369 e. The number of sulfone groups is 1. The summed E-state index contributed by atoms with van der Waals surface area (Å²) in [5, 5.41) is 16.0. The predicted octanol–water partition coefficient (Wildman–Crippen LogP) is 4.41. The van der Waals surface area contributed by atoms with Crippen molar-refractivity contribution in [2.24, 2.45) is 0 Å². The number of rotatable bonds is 8. The number of benzene rings is 2. The molecular weight excluding hydrogens is 528 g/mol. The van der Waals surface area contributed by atoms with E-state index in [-0.39, 0.29) is 22.9 Å². The van der Waals surface area contributed by atoms with Crippen LogP contribution in [-0.4, -0.2) is 47.3 Å². The second kappa shape index (κ2) is 10.2. The predicted molar refractivity (Wildman–Crippen MR) is 120 cm³/mol. The van der Waals surface area contributed by atoms with E-state index in [9.17, 15) is 44.7 Å². The summed E-state index contributed by atoms with van der Waals surface area (Å²) in [4.78, 5) is 13.1. The molecule has 1 aromatic heterocycles. The number of carbonyl (C=O) groups is 1. The second-order valence-corrected chi connectivity index (χ2v) is 10.3. The van der Waals surface area contributed by atoms with Gasteiger partial charge >= 0.3 is 12.4 Å². The SMILES string of the molecule is CCS(=O)(=O)c1ccc(C(Cn2cccn2)C(=O)Nc2ccc(C(O)(C(F)(F)F)C(F)(F)F)cc2)cc1. The first-order valence-electron chi connectivity index (χ1n) is 10.7. The monoisotopic (exact) mass is 549 g/mol. The molecule has 0 aliphatic rings. The molecule has 2 aromatic carbocycles. The van der Waals surface area contributed by atoms with Gasteiger partial charge in [-0.3, -0.25) is 9.48 Å². The molecule has 1 unspecified atom stereocenters. The number of anilines is 1. The number of amides is 1. The summed E-state index contributed by atoms with van der Waals surface area (Å²) in [6, 6.07) is 9.59. The van der Waals surface area contributed by atoms with Crippen LogP contribution in [0.15, 0.2) is 71.9 Å². The van der Waals surface area contributed by atoms with Crippen molar-refractivity contribution in [3.05, 3.63) is 78.1 Å². The van der Waals surface area contributed by atoms with Gasteiger partial charge in [0.25, 0.3) is 5.60 Å². The van der Waals surface area contributed by atoms with Crippen LogP contribution in [0.2, 0.25) is 0 Å². The third-order valence-corrected chi connectivity index (χ3v) is 7.41. The summed E-state index contributed by atoms with van der Waals surface area (Å²) in [7, 11) is -3.50. The van der Waals surface area contributed by atoms with Crippen molar-refractivity contribution in [3.63, 3.8) is 0 Å². The molecule has 0 radical (unpaired) electrons. The van der Waals surface area contributed by atoms with E-state index >= 15 is 0 Å². The highest BCUT2D eigenvalue weighted by atomic mass is 32.2. The molecule has 37 heavy (non-hydrogen) atoms. The second-order valence-electron chi connectivity index (χ2n) is 8.03. The lowest BCUT2D eigenvalue weighted by atomic mass is 9.92. The maximum atomic E-state index is 13.1. The quantitative estimate of drug-likeness (QED) is 0.406. The third kappa shape index (κ3) is 5.80. The van der Waals surface area contributed by atoms with Crippen LogP contribution in [0.5, 0.6) is 0 Å². The molecule has 200 valence electrons. The highest BCUT2D eigenvalue weighted by Crippen LogP contribution is 2.50. The van der Waals surface area contributed by atoms with Crippen LogP contribution < -0.4 is 5.32 Å². The van der Waals surface area contributed by atoms with Gasteiger partial charge in [0, 0.05) is 23.6 Å². The van der Waals surface area contributed by atoms with Gasteiger partial charge in [0.1, 0.15) is 0 Å². The molecule has 2 N–H and O–H groups in total. The van der Waals surface area contributed by atoms with E-state index in [1.165, 1.54) is 42.1 Å². The van der Waals surface area contributed by atoms with Crippen molar-refractivity contribution in [2.45, 2.75) is 42.2 Å². The minimum absolute atomic E-state index is 0.00130. The number of alkyl halides is 6. The Morgan fingerprint density at radius 1 is 1.00 bits per heavy atom. The molecule has 0 saturated carbocycles. The molecule has 0 bridgehead atoms. The normalized spacial score (nSPS) is 13.8. The van der Waals surface area contributed by atoms with Crippen molar-refractivity contribution in [2.75, 3.05) is 11.1 Å². The van der Waals surface area contributed by atoms with E-state index in [0.717, 1.165) is 12.1 Å². The zero-order valence-corrected chi connectivity index (χ0v) is 19.9. The molecule has 0 spiro atoms. The van der Waals surface area contributed by atoms with Crippen LogP contribution >= 0.6 is 0 Å². The largest absolute Gasteiger partial charge is 0.430 e. The molecule has 0 fully saturated rings. The summed E-state index contributed by atoms with van der Waals surface area (Å²) in [5.41, 5.74) is -6.29. The van der Waals surface area contributed by atoms with Crippen LogP contribution in [-0.2, 0) is 26.8 Å². The van der Waals surface area contributed by atoms with Crippen molar-refractivity contribution in [1.29, 1.82) is 0 Å². The van der Waals surface area contributed by atoms with E-state index in [4.69, 9.17) is 0 Å². The summed E-state index contributed by atoms with van der Waals surface area (Å²) < 4.78 is 104. The third-order valence-electron chi connectivity index (χ3n) is 5.66. The zero-order valence-electron chi connectivity index (χ0n) is 19.1. The Kier molecular flexibility index (Phi) is 7.75. The number of aliphatic hydroxyl groups is 1. The maximum Gasteiger partial charge on any atom is 0.430 e. The average molecular weight is 549 g/mol. The fraction of sp³-hybridized carbons (Fsp3) is 0.304.